The van der Waals surface area contributed by atoms with E-state index in [1.165, 1.54) is 7.11 Å². The van der Waals surface area contributed by atoms with Crippen LogP contribution in [0.15, 0.2) is 18.2 Å². The van der Waals surface area contributed by atoms with Gasteiger partial charge in [-0.1, -0.05) is 0 Å². The summed E-state index contributed by atoms with van der Waals surface area (Å²) in [6.07, 6.45) is 0. The summed E-state index contributed by atoms with van der Waals surface area (Å²) in [5, 5.41) is 9.07. The topological polar surface area (TPSA) is 89.1 Å². The molecule has 0 saturated heterocycles. The maximum Gasteiger partial charge on any atom is 0.295 e. The number of amides is 1. The molecular formula is C12H14N4O3. The third kappa shape index (κ3) is 2.82. The van der Waals surface area contributed by atoms with Crippen molar-refractivity contribution in [2.45, 2.75) is 6.92 Å². The van der Waals surface area contributed by atoms with Crippen LogP contribution in [0.1, 0.15) is 16.4 Å². The van der Waals surface area contributed by atoms with Crippen molar-refractivity contribution in [3.05, 3.63) is 29.8 Å². The van der Waals surface area contributed by atoms with E-state index in [1.54, 1.807) is 32.2 Å². The number of aryl methyl sites for hydroxylation is 1. The number of carbonyl (C=O) groups excluding carboxylic acids is 1. The van der Waals surface area contributed by atoms with E-state index >= 15 is 0 Å². The molecule has 100 valence electrons. The highest BCUT2D eigenvalue weighted by Crippen LogP contribution is 2.29. The van der Waals surface area contributed by atoms with Gasteiger partial charge in [0, 0.05) is 6.07 Å². The van der Waals surface area contributed by atoms with Gasteiger partial charge in [0.1, 0.15) is 17.3 Å². The molecule has 0 fully saturated rings. The molecule has 1 heterocycles. The van der Waals surface area contributed by atoms with E-state index in [9.17, 15) is 4.79 Å². The Labute approximate surface area is 110 Å². The number of aromatic amines is 1. The van der Waals surface area contributed by atoms with Crippen LogP contribution >= 0.6 is 0 Å². The van der Waals surface area contributed by atoms with Crippen molar-refractivity contribution >= 4 is 11.6 Å². The largest absolute Gasteiger partial charge is 0.497 e. The summed E-state index contributed by atoms with van der Waals surface area (Å²) in [5.74, 6) is 1.39. The Balaban J connectivity index is 2.21. The second-order valence-electron chi connectivity index (χ2n) is 3.76. The van der Waals surface area contributed by atoms with E-state index in [0.717, 1.165) is 0 Å². The molecule has 0 bridgehead atoms. The maximum absolute atomic E-state index is 11.9. The normalized spacial score (nSPS) is 10.1. The van der Waals surface area contributed by atoms with Crippen LogP contribution in [-0.4, -0.2) is 35.3 Å². The van der Waals surface area contributed by atoms with Gasteiger partial charge < -0.3 is 14.8 Å². The number of H-pyrrole nitrogens is 1. The molecule has 1 aromatic carbocycles. The highest BCUT2D eigenvalue weighted by Gasteiger charge is 2.14. The van der Waals surface area contributed by atoms with Crippen LogP contribution < -0.4 is 14.8 Å². The van der Waals surface area contributed by atoms with Crippen molar-refractivity contribution < 1.29 is 14.3 Å². The van der Waals surface area contributed by atoms with Crippen LogP contribution in [-0.2, 0) is 0 Å². The van der Waals surface area contributed by atoms with E-state index in [4.69, 9.17) is 9.47 Å². The van der Waals surface area contributed by atoms with Gasteiger partial charge in [0.05, 0.1) is 19.9 Å². The van der Waals surface area contributed by atoms with Crippen molar-refractivity contribution in [1.82, 2.24) is 15.2 Å². The van der Waals surface area contributed by atoms with Gasteiger partial charge in [-0.2, -0.15) is 0 Å². The van der Waals surface area contributed by atoms with E-state index in [2.05, 4.69) is 20.5 Å². The molecule has 2 aromatic rings. The average Bonchev–Trinajstić information content (AvgIpc) is 2.86. The van der Waals surface area contributed by atoms with Crippen LogP contribution in [0.3, 0.4) is 0 Å². The number of hydrogen-bond acceptors (Lipinski definition) is 5. The molecule has 19 heavy (non-hydrogen) atoms. The number of hydrogen-bond donors (Lipinski definition) is 2. The highest BCUT2D eigenvalue weighted by molar-refractivity contribution is 6.02. The van der Waals surface area contributed by atoms with Gasteiger partial charge in [-0.25, -0.2) is 4.98 Å². The number of methoxy groups -OCH3 is 2. The lowest BCUT2D eigenvalue weighted by atomic mass is 10.2. The van der Waals surface area contributed by atoms with Gasteiger partial charge in [0.2, 0.25) is 5.82 Å². The number of aromatic nitrogens is 3. The SMILES string of the molecule is COc1ccc(NC(=O)c2n[nH]c(C)n2)c(OC)c1. The lowest BCUT2D eigenvalue weighted by Crippen LogP contribution is -2.14. The molecule has 0 spiro atoms. The molecule has 7 nitrogen and oxygen atoms in total. The summed E-state index contributed by atoms with van der Waals surface area (Å²) >= 11 is 0. The fourth-order valence-corrected chi connectivity index (χ4v) is 1.52. The Morgan fingerprint density at radius 3 is 2.68 bits per heavy atom. The zero-order valence-electron chi connectivity index (χ0n) is 10.9. The maximum atomic E-state index is 11.9. The minimum absolute atomic E-state index is 0.0790. The third-order valence-corrected chi connectivity index (χ3v) is 2.46. The van der Waals surface area contributed by atoms with E-state index in [1.807, 2.05) is 0 Å². The van der Waals surface area contributed by atoms with Gasteiger partial charge in [0.25, 0.3) is 5.91 Å². The Kier molecular flexibility index (Phi) is 3.65. The second kappa shape index (κ2) is 5.38. The quantitative estimate of drug-likeness (QED) is 0.869. The third-order valence-electron chi connectivity index (χ3n) is 2.46. The first-order chi connectivity index (χ1) is 9.13. The zero-order chi connectivity index (χ0) is 13.8. The Morgan fingerprint density at radius 1 is 1.32 bits per heavy atom. The predicted octanol–water partition coefficient (Wildman–Crippen LogP) is 1.38. The molecule has 0 unspecified atom stereocenters. The second-order valence-corrected chi connectivity index (χ2v) is 3.76. The standard InChI is InChI=1S/C12H14N4O3/c1-7-13-11(16-15-7)12(17)14-9-5-4-8(18-2)6-10(9)19-3/h4-6H,1-3H3,(H,14,17)(H,13,15,16). The minimum Gasteiger partial charge on any atom is -0.497 e. The van der Waals surface area contributed by atoms with E-state index in [-0.39, 0.29) is 5.82 Å². The summed E-state index contributed by atoms with van der Waals surface area (Å²) in [5.41, 5.74) is 0.524. The van der Waals surface area contributed by atoms with Gasteiger partial charge in [-0.3, -0.25) is 9.89 Å². The molecule has 0 aliphatic rings. The Hall–Kier alpha value is -2.57. The predicted molar refractivity (Wildman–Crippen MR) is 68.6 cm³/mol. The summed E-state index contributed by atoms with van der Waals surface area (Å²) < 4.78 is 10.3. The Morgan fingerprint density at radius 2 is 2.11 bits per heavy atom. The number of anilines is 1. The first-order valence-electron chi connectivity index (χ1n) is 5.56. The van der Waals surface area contributed by atoms with Crippen molar-refractivity contribution in [2.75, 3.05) is 19.5 Å². The number of benzene rings is 1. The molecule has 0 atom stereocenters. The average molecular weight is 262 g/mol. The van der Waals surface area contributed by atoms with Crippen molar-refractivity contribution in [1.29, 1.82) is 0 Å². The highest BCUT2D eigenvalue weighted by atomic mass is 16.5. The summed E-state index contributed by atoms with van der Waals surface area (Å²) in [6, 6.07) is 5.09. The number of rotatable bonds is 4. The fraction of sp³-hybridized carbons (Fsp3) is 0.250. The van der Waals surface area contributed by atoms with Crippen LogP contribution in [0.5, 0.6) is 11.5 Å². The summed E-state index contributed by atoms with van der Waals surface area (Å²) in [4.78, 5) is 15.9. The number of nitrogens with one attached hydrogen (secondary N) is 2. The molecule has 2 N–H and O–H groups in total. The van der Waals surface area contributed by atoms with Crippen molar-refractivity contribution in [2.24, 2.45) is 0 Å². The van der Waals surface area contributed by atoms with E-state index in [0.29, 0.717) is 23.0 Å². The van der Waals surface area contributed by atoms with Gasteiger partial charge in [-0.05, 0) is 19.1 Å². The fourth-order valence-electron chi connectivity index (χ4n) is 1.52. The van der Waals surface area contributed by atoms with Crippen LogP contribution in [0.4, 0.5) is 5.69 Å². The van der Waals surface area contributed by atoms with Crippen molar-refractivity contribution in [3.63, 3.8) is 0 Å². The smallest absolute Gasteiger partial charge is 0.295 e. The van der Waals surface area contributed by atoms with Crippen LogP contribution in [0.25, 0.3) is 0 Å². The lowest BCUT2D eigenvalue weighted by Gasteiger charge is -2.10. The molecule has 0 aliphatic heterocycles. The number of nitrogens with zero attached hydrogens (tertiary/aromatic N) is 2. The minimum atomic E-state index is -0.409. The first-order valence-corrected chi connectivity index (χ1v) is 5.56. The summed E-state index contributed by atoms with van der Waals surface area (Å²) in [6.45, 7) is 1.72. The molecule has 0 saturated carbocycles. The molecule has 7 heteroatoms. The molecule has 0 aliphatic carbocycles. The number of carbonyl (C=O) groups is 1. The van der Waals surface area contributed by atoms with Gasteiger partial charge >= 0.3 is 0 Å². The molecule has 1 amide bonds. The monoisotopic (exact) mass is 262 g/mol. The van der Waals surface area contributed by atoms with Crippen molar-refractivity contribution in [3.8, 4) is 11.5 Å². The Bertz CT molecular complexity index is 594. The van der Waals surface area contributed by atoms with Crippen LogP contribution in [0.2, 0.25) is 0 Å². The lowest BCUT2D eigenvalue weighted by molar-refractivity contribution is 0.101. The van der Waals surface area contributed by atoms with Crippen LogP contribution in [0, 0.1) is 6.92 Å². The number of ether oxygens (including phenoxy) is 2. The molecular weight excluding hydrogens is 248 g/mol. The van der Waals surface area contributed by atoms with E-state index < -0.39 is 5.91 Å². The zero-order valence-corrected chi connectivity index (χ0v) is 10.9. The first kappa shape index (κ1) is 12.9. The van der Waals surface area contributed by atoms with Gasteiger partial charge in [-0.15, -0.1) is 5.10 Å². The van der Waals surface area contributed by atoms with Gasteiger partial charge in [0.15, 0.2) is 0 Å². The molecule has 1 aromatic heterocycles. The molecule has 0 radical (unpaired) electrons. The molecule has 2 rings (SSSR count). The summed E-state index contributed by atoms with van der Waals surface area (Å²) in [7, 11) is 3.07.